The molecule has 3 aromatic carbocycles. The Bertz CT molecular complexity index is 3370. The minimum absolute atomic E-state index is 0.0461. The third-order valence-electron chi connectivity index (χ3n) is 10.9. The molecule has 3 aliphatic heterocycles. The zero-order chi connectivity index (χ0) is 53.0. The minimum Gasteiger partial charge on any atom is -0.478 e. The predicted molar refractivity (Wildman–Crippen MR) is 294 cm³/mol. The molecule has 3 aliphatic rings. The fourth-order valence-corrected chi connectivity index (χ4v) is 8.38. The molecule has 0 bridgehead atoms. The first-order valence-corrected chi connectivity index (χ1v) is 26.6. The van der Waals surface area contributed by atoms with Gasteiger partial charge in [0.05, 0.1) is 27.4 Å². The number of nitrogen functional groups attached to an aromatic ring is 1. The Morgan fingerprint density at radius 1 is 0.722 bits per heavy atom. The van der Waals surface area contributed by atoms with Crippen molar-refractivity contribution in [3.63, 3.8) is 0 Å². The van der Waals surface area contributed by atoms with Gasteiger partial charge in [-0.15, -0.1) is 6.42 Å². The van der Waals surface area contributed by atoms with Crippen molar-refractivity contribution >= 4 is 102 Å². The number of hydrogen-bond acceptors (Lipinski definition) is 10. The molecule has 7 aromatic rings. The van der Waals surface area contributed by atoms with Crippen LogP contribution in [-0.2, 0) is 40.0 Å². The number of benzene rings is 3. The van der Waals surface area contributed by atoms with Crippen molar-refractivity contribution < 1.29 is 18.9 Å². The van der Waals surface area contributed by atoms with E-state index in [1.54, 1.807) is 30.6 Å². The molecule has 0 saturated carbocycles. The Morgan fingerprint density at radius 2 is 1.22 bits per heavy atom. The van der Waals surface area contributed by atoms with Gasteiger partial charge >= 0.3 is 5.97 Å². The first kappa shape index (κ1) is 56.7. The van der Waals surface area contributed by atoms with Crippen molar-refractivity contribution in [2.24, 2.45) is 16.2 Å². The number of amides is 1. The summed E-state index contributed by atoms with van der Waals surface area (Å²) in [6.07, 6.45) is 10.8. The maximum Gasteiger partial charge on any atom is 0.337 e. The average Bonchev–Trinajstić information content (AvgIpc) is 3.94. The lowest BCUT2D eigenvalue weighted by Crippen LogP contribution is -2.23. The van der Waals surface area contributed by atoms with Crippen molar-refractivity contribution in [1.82, 2.24) is 34.4 Å². The Balaban J connectivity index is 0.000000175. The number of nitrogens with zero attached hydrogens (tertiary/aromatic N) is 6. The molecular weight excluding hydrogens is 1110 g/mol. The number of carboxylic acids is 1. The summed E-state index contributed by atoms with van der Waals surface area (Å²) in [6.45, 7) is 15.2. The molecule has 0 atom stereocenters. The molecule has 1 fully saturated rings. The summed E-state index contributed by atoms with van der Waals surface area (Å²) >= 11 is 6.58. The Kier molecular flexibility index (Phi) is 19.7. The molecule has 0 unspecified atom stereocenters. The zero-order valence-corrected chi connectivity index (χ0v) is 45.8. The average molecular weight is 1160 g/mol. The molecule has 14 nitrogen and oxygen atoms in total. The number of carbonyl (C=O) groups excluding carboxylic acids is 1. The Labute approximate surface area is 445 Å². The van der Waals surface area contributed by atoms with Gasteiger partial charge in [0.2, 0.25) is 15.1 Å². The van der Waals surface area contributed by atoms with E-state index in [9.17, 15) is 19.2 Å². The largest absolute Gasteiger partial charge is 0.478 e. The van der Waals surface area contributed by atoms with E-state index in [-0.39, 0.29) is 44.5 Å². The lowest BCUT2D eigenvalue weighted by molar-refractivity contribution is -0.119. The highest BCUT2D eigenvalue weighted by molar-refractivity contribution is 9.10. The number of aromatic carboxylic acids is 1. The van der Waals surface area contributed by atoms with Crippen LogP contribution in [0.25, 0.3) is 21.8 Å². The molecule has 0 spiro atoms. The van der Waals surface area contributed by atoms with E-state index >= 15 is 0 Å². The first-order valence-electron chi connectivity index (χ1n) is 22.2. The summed E-state index contributed by atoms with van der Waals surface area (Å²) in [5, 5.41) is 12.7. The van der Waals surface area contributed by atoms with E-state index < -0.39 is 15.2 Å². The third kappa shape index (κ3) is 16.7. The smallest absolute Gasteiger partial charge is 0.337 e. The standard InChI is InChI=1S/C20H17N3O.C13H13BrN2O.C7H6BrNO2.C7H5N.C6H11NO.Cl2OS/c1-20(2)12-18-22-17-11-14(6-8-15-5-3-4-10-21-15)7-9-16(17)19(24)23(18)13-20;1-13(2)6-11-15-10-5-8(14)3-4-9(10)12(17)16(11)7-13;8-4-1-2-5(7(10)11)6(9)3-4;1-2-7-5-3-4-6-8-7;1-6(2)3-5(8)7-4-6;1-4(2)3/h3-5,7,9-11H,12-13H2,1-2H3;3-5H,6-7H2,1-2H3;1-3H,9H2,(H,10,11);1,3-6H;3-4H2,1-2H3,(H,7,8);. The van der Waals surface area contributed by atoms with E-state index in [1.165, 1.54) is 6.07 Å². The molecule has 72 heavy (non-hydrogen) atoms. The van der Waals surface area contributed by atoms with Crippen LogP contribution in [0.2, 0.25) is 0 Å². The molecule has 4 aromatic heterocycles. The topological polar surface area (TPSA) is 205 Å². The Hall–Kier alpha value is -6.21. The molecule has 7 heterocycles. The van der Waals surface area contributed by atoms with Crippen LogP contribution in [-0.4, -0.2) is 56.8 Å². The Morgan fingerprint density at radius 3 is 1.65 bits per heavy atom. The highest BCUT2D eigenvalue weighted by atomic mass is 79.9. The lowest BCUT2D eigenvalue weighted by atomic mass is 9.92. The van der Waals surface area contributed by atoms with E-state index in [1.807, 2.05) is 75.9 Å². The summed E-state index contributed by atoms with van der Waals surface area (Å²) in [5.74, 6) is 9.51. The molecule has 0 aliphatic carbocycles. The fraction of sp³-hybridized carbons (Fsp3) is 0.283. The monoisotopic (exact) mass is 1160 g/mol. The number of nitrogens with two attached hydrogens (primary N) is 1. The van der Waals surface area contributed by atoms with Crippen LogP contribution in [0.15, 0.2) is 122 Å². The van der Waals surface area contributed by atoms with Gasteiger partial charge in [0.15, 0.2) is 0 Å². The van der Waals surface area contributed by atoms with Gasteiger partial charge in [-0.1, -0.05) is 97.4 Å². The predicted octanol–water partition coefficient (Wildman–Crippen LogP) is 9.88. The highest BCUT2D eigenvalue weighted by Crippen LogP contribution is 2.31. The maximum atomic E-state index is 12.7. The van der Waals surface area contributed by atoms with Gasteiger partial charge < -0.3 is 16.2 Å². The van der Waals surface area contributed by atoms with Crippen LogP contribution in [0, 0.1) is 40.4 Å². The van der Waals surface area contributed by atoms with Crippen LogP contribution in [0.1, 0.15) is 86.9 Å². The molecule has 0 radical (unpaired) electrons. The highest BCUT2D eigenvalue weighted by Gasteiger charge is 2.32. The quantitative estimate of drug-likeness (QED) is 0.0802. The van der Waals surface area contributed by atoms with Gasteiger partial charge in [-0.2, -0.15) is 0 Å². The number of anilines is 1. The van der Waals surface area contributed by atoms with Crippen molar-refractivity contribution in [1.29, 1.82) is 0 Å². The molecule has 374 valence electrons. The normalized spacial score (nSPS) is 14.7. The second-order valence-corrected chi connectivity index (χ2v) is 23.4. The SMILES string of the molecule is C#Cc1ccccn1.CC1(C)CNC(=O)C1.CC1(C)Cc2nc3cc(Br)ccc3c(=O)n2C1.CC1(C)Cc2nc3cc(C#Cc4ccccn4)ccc3c(=O)n2C1.Nc1cc(Br)ccc1C(=O)O.O=S(Cl)Cl. The second-order valence-electron chi connectivity index (χ2n) is 19.1. The van der Waals surface area contributed by atoms with Crippen LogP contribution in [0.5, 0.6) is 0 Å². The third-order valence-corrected chi connectivity index (χ3v) is 11.9. The number of hydrogen-bond donors (Lipinski definition) is 3. The van der Waals surface area contributed by atoms with Gasteiger partial charge in [0, 0.05) is 92.9 Å². The van der Waals surface area contributed by atoms with Crippen LogP contribution < -0.4 is 22.2 Å². The number of terminal acetylenes is 1. The minimum atomic E-state index is -1.67. The molecule has 10 rings (SSSR count). The summed E-state index contributed by atoms with van der Waals surface area (Å²) in [6, 6.07) is 27.0. The number of carboxylic acid groups (broad SMARTS) is 1. The number of rotatable bonds is 1. The fourth-order valence-electron chi connectivity index (χ4n) is 7.65. The van der Waals surface area contributed by atoms with E-state index in [4.69, 9.17) is 26.5 Å². The zero-order valence-electron chi connectivity index (χ0n) is 40.3. The van der Waals surface area contributed by atoms with Gasteiger partial charge in [-0.25, -0.2) is 28.9 Å². The molecule has 1 amide bonds. The van der Waals surface area contributed by atoms with Crippen molar-refractivity contribution in [3.8, 4) is 24.2 Å². The van der Waals surface area contributed by atoms with E-state index in [0.717, 1.165) is 75.4 Å². The van der Waals surface area contributed by atoms with E-state index in [0.29, 0.717) is 22.9 Å². The van der Waals surface area contributed by atoms with Crippen molar-refractivity contribution in [2.45, 2.75) is 73.9 Å². The maximum absolute atomic E-state index is 12.7. The second kappa shape index (κ2) is 25.0. The van der Waals surface area contributed by atoms with Gasteiger partial charge in [-0.05, 0) is 101 Å². The lowest BCUT2D eigenvalue weighted by Gasteiger charge is -2.13. The molecule has 1 saturated heterocycles. The molecule has 19 heteroatoms. The van der Waals surface area contributed by atoms with Crippen LogP contribution >= 0.6 is 53.2 Å². The van der Waals surface area contributed by atoms with Gasteiger partial charge in [-0.3, -0.25) is 23.5 Å². The summed E-state index contributed by atoms with van der Waals surface area (Å²) in [5.41, 5.74) is 10.1. The number of carbonyl (C=O) groups is 2. The van der Waals surface area contributed by atoms with Gasteiger partial charge in [0.25, 0.3) is 11.1 Å². The number of pyridine rings is 2. The molecule has 4 N–H and O–H groups in total. The van der Waals surface area contributed by atoms with Crippen LogP contribution in [0.4, 0.5) is 5.69 Å². The number of nitrogens with one attached hydrogen (secondary N) is 1. The van der Waals surface area contributed by atoms with E-state index in [2.05, 4.69) is 133 Å². The van der Waals surface area contributed by atoms with Crippen molar-refractivity contribution in [2.75, 3.05) is 12.3 Å². The summed E-state index contributed by atoms with van der Waals surface area (Å²) in [7, 11) is 7.36. The molecular formula is C53H52Br2Cl2N8O6S. The number of halogens is 4. The number of fused-ring (bicyclic) bond motifs is 4. The number of aromatic nitrogens is 6. The van der Waals surface area contributed by atoms with Gasteiger partial charge in [0.1, 0.15) is 23.0 Å². The summed E-state index contributed by atoms with van der Waals surface area (Å²) in [4.78, 5) is 63.4. The summed E-state index contributed by atoms with van der Waals surface area (Å²) < 4.78 is 14.4. The van der Waals surface area contributed by atoms with Crippen LogP contribution in [0.3, 0.4) is 0 Å². The van der Waals surface area contributed by atoms with Crippen molar-refractivity contribution in [3.05, 3.63) is 167 Å². The first-order chi connectivity index (χ1) is 33.9.